The molecule has 1 aromatic rings. The number of halogens is 1. The van der Waals surface area contributed by atoms with Crippen LogP contribution >= 0.6 is 0 Å². The highest BCUT2D eigenvalue weighted by Gasteiger charge is 2.42. The first-order valence-electron chi connectivity index (χ1n) is 7.35. The van der Waals surface area contributed by atoms with Gasteiger partial charge in [-0.3, -0.25) is 0 Å². The van der Waals surface area contributed by atoms with Gasteiger partial charge in [0, 0.05) is 24.8 Å². The van der Waals surface area contributed by atoms with Crippen molar-refractivity contribution in [3.63, 3.8) is 0 Å². The molecule has 4 nitrogen and oxygen atoms in total. The molecule has 1 fully saturated rings. The maximum atomic E-state index is 13.5. The van der Waals surface area contributed by atoms with Gasteiger partial charge < -0.3 is 15.3 Å². The predicted octanol–water partition coefficient (Wildman–Crippen LogP) is 2.87. The van der Waals surface area contributed by atoms with Gasteiger partial charge in [0.15, 0.2) is 0 Å². The van der Waals surface area contributed by atoms with E-state index in [2.05, 4.69) is 24.1 Å². The fraction of sp³-hybridized carbons (Fsp3) is 0.562. The van der Waals surface area contributed by atoms with E-state index in [1.807, 2.05) is 0 Å². The van der Waals surface area contributed by atoms with Gasteiger partial charge in [0.25, 0.3) is 0 Å². The third-order valence-electron chi connectivity index (χ3n) is 4.22. The van der Waals surface area contributed by atoms with Gasteiger partial charge in [-0.05, 0) is 57.4 Å². The van der Waals surface area contributed by atoms with Gasteiger partial charge in [0.1, 0.15) is 11.4 Å². The second kappa shape index (κ2) is 6.02. The van der Waals surface area contributed by atoms with Crippen LogP contribution in [0.3, 0.4) is 0 Å². The summed E-state index contributed by atoms with van der Waals surface area (Å²) in [6.07, 6.45) is 1.02. The lowest BCUT2D eigenvalue weighted by Crippen LogP contribution is -2.55. The van der Waals surface area contributed by atoms with Gasteiger partial charge >= 0.3 is 5.97 Å². The van der Waals surface area contributed by atoms with Crippen LogP contribution in [0.15, 0.2) is 18.2 Å². The Hall–Kier alpha value is -1.62. The highest BCUT2D eigenvalue weighted by atomic mass is 19.1. The van der Waals surface area contributed by atoms with E-state index in [1.165, 1.54) is 12.1 Å². The number of nitrogens with one attached hydrogen (secondary N) is 1. The number of carboxylic acid groups (broad SMARTS) is 1. The van der Waals surface area contributed by atoms with E-state index < -0.39 is 11.5 Å². The Kier molecular flexibility index (Phi) is 4.52. The normalized spacial score (nSPS) is 18.7. The van der Waals surface area contributed by atoms with Gasteiger partial charge in [-0.2, -0.15) is 0 Å². The highest BCUT2D eigenvalue weighted by molar-refractivity contribution is 5.83. The minimum Gasteiger partial charge on any atom is -0.480 e. The summed E-state index contributed by atoms with van der Waals surface area (Å²) in [5, 5.41) is 12.7. The maximum Gasteiger partial charge on any atom is 0.329 e. The molecule has 1 aromatic carbocycles. The Morgan fingerprint density at radius 1 is 1.33 bits per heavy atom. The van der Waals surface area contributed by atoms with E-state index in [0.717, 1.165) is 18.7 Å². The van der Waals surface area contributed by atoms with Gasteiger partial charge in [-0.25, -0.2) is 9.18 Å². The average Bonchev–Trinajstić information content (AvgIpc) is 2.37. The largest absolute Gasteiger partial charge is 0.480 e. The Morgan fingerprint density at radius 2 is 1.95 bits per heavy atom. The molecule has 0 aromatic heterocycles. The van der Waals surface area contributed by atoms with Crippen LogP contribution in [0, 0.1) is 12.7 Å². The van der Waals surface area contributed by atoms with Gasteiger partial charge in [-0.1, -0.05) is 0 Å². The molecule has 0 atom stereocenters. The molecule has 116 valence electrons. The molecule has 1 aliphatic rings. The second-order valence-electron chi connectivity index (χ2n) is 6.16. The van der Waals surface area contributed by atoms with E-state index in [-0.39, 0.29) is 5.82 Å². The average molecular weight is 294 g/mol. The molecule has 0 bridgehead atoms. The fourth-order valence-electron chi connectivity index (χ4n) is 2.90. The number of piperidine rings is 1. The number of anilines is 1. The first-order valence-corrected chi connectivity index (χ1v) is 7.35. The Labute approximate surface area is 125 Å². The number of carbonyl (C=O) groups is 1. The molecule has 0 radical (unpaired) electrons. The molecule has 2 rings (SSSR count). The summed E-state index contributed by atoms with van der Waals surface area (Å²) in [4.78, 5) is 14.0. The van der Waals surface area contributed by atoms with E-state index in [4.69, 9.17) is 0 Å². The number of aryl methyl sites for hydroxylation is 1. The maximum absolute atomic E-state index is 13.5. The molecule has 0 saturated carbocycles. The van der Waals surface area contributed by atoms with Crippen molar-refractivity contribution < 1.29 is 14.3 Å². The number of carboxylic acids is 1. The summed E-state index contributed by atoms with van der Waals surface area (Å²) in [6.45, 7) is 7.47. The lowest BCUT2D eigenvalue weighted by molar-refractivity contribution is -0.144. The Balaban J connectivity index is 2.18. The quantitative estimate of drug-likeness (QED) is 0.896. The Morgan fingerprint density at radius 3 is 2.43 bits per heavy atom. The molecule has 1 saturated heterocycles. The number of hydrogen-bond acceptors (Lipinski definition) is 3. The van der Waals surface area contributed by atoms with Crippen LogP contribution in [-0.4, -0.2) is 40.6 Å². The first-order chi connectivity index (χ1) is 9.82. The molecule has 0 amide bonds. The zero-order chi connectivity index (χ0) is 15.6. The van der Waals surface area contributed by atoms with E-state index >= 15 is 0 Å². The van der Waals surface area contributed by atoms with Crippen molar-refractivity contribution in [3.8, 4) is 0 Å². The first kappa shape index (κ1) is 15.8. The molecule has 21 heavy (non-hydrogen) atoms. The molecule has 5 heteroatoms. The van der Waals surface area contributed by atoms with Gasteiger partial charge in [0.05, 0.1) is 0 Å². The number of hydrogen-bond donors (Lipinski definition) is 2. The van der Waals surface area contributed by atoms with Crippen molar-refractivity contribution in [1.82, 2.24) is 4.90 Å². The number of likely N-dealkylation sites (tertiary alicyclic amines) is 1. The van der Waals surface area contributed by atoms with Crippen molar-refractivity contribution in [2.75, 3.05) is 18.4 Å². The standard InChI is InChI=1S/C16H23FN2O2/c1-11(2)19-6-4-16(5-7-19,15(20)21)18-14-9-12(3)8-13(17)10-14/h8-11,18H,4-7H2,1-3H3,(H,20,21). The molecule has 0 unspecified atom stereocenters. The van der Waals surface area contributed by atoms with Crippen LogP contribution in [0.5, 0.6) is 0 Å². The van der Waals surface area contributed by atoms with Crippen LogP contribution in [0.4, 0.5) is 10.1 Å². The van der Waals surface area contributed by atoms with Crippen LogP contribution in [0.25, 0.3) is 0 Å². The zero-order valence-electron chi connectivity index (χ0n) is 12.8. The van der Waals surface area contributed by atoms with Crippen molar-refractivity contribution in [1.29, 1.82) is 0 Å². The van der Waals surface area contributed by atoms with E-state index in [1.54, 1.807) is 13.0 Å². The molecular formula is C16H23FN2O2. The molecular weight excluding hydrogens is 271 g/mol. The minimum atomic E-state index is -1.01. The molecule has 2 N–H and O–H groups in total. The number of benzene rings is 1. The lowest BCUT2D eigenvalue weighted by atomic mass is 9.86. The topological polar surface area (TPSA) is 52.6 Å². The van der Waals surface area contributed by atoms with Crippen LogP contribution in [0.2, 0.25) is 0 Å². The van der Waals surface area contributed by atoms with E-state index in [0.29, 0.717) is 24.6 Å². The SMILES string of the molecule is Cc1cc(F)cc(NC2(C(=O)O)CCN(C(C)C)CC2)c1. The van der Waals surface area contributed by atoms with Crippen LogP contribution in [0.1, 0.15) is 32.3 Å². The van der Waals surface area contributed by atoms with Gasteiger partial charge in [-0.15, -0.1) is 0 Å². The van der Waals surface area contributed by atoms with Crippen molar-refractivity contribution in [2.24, 2.45) is 0 Å². The van der Waals surface area contributed by atoms with E-state index in [9.17, 15) is 14.3 Å². The summed E-state index contributed by atoms with van der Waals surface area (Å²) in [5.41, 5.74) is 0.302. The summed E-state index contributed by atoms with van der Waals surface area (Å²) in [7, 11) is 0. The summed E-state index contributed by atoms with van der Waals surface area (Å²) in [6, 6.07) is 4.97. The molecule has 0 aliphatic carbocycles. The fourth-order valence-corrected chi connectivity index (χ4v) is 2.90. The molecule has 1 heterocycles. The number of aliphatic carboxylic acids is 1. The number of rotatable bonds is 4. The van der Waals surface area contributed by atoms with Crippen LogP contribution in [-0.2, 0) is 4.79 Å². The zero-order valence-corrected chi connectivity index (χ0v) is 12.8. The van der Waals surface area contributed by atoms with Gasteiger partial charge in [0.2, 0.25) is 0 Å². The smallest absolute Gasteiger partial charge is 0.329 e. The predicted molar refractivity (Wildman–Crippen MR) is 81.1 cm³/mol. The Bertz CT molecular complexity index is 503. The third-order valence-corrected chi connectivity index (χ3v) is 4.22. The number of nitrogens with zero attached hydrogens (tertiary/aromatic N) is 1. The highest BCUT2D eigenvalue weighted by Crippen LogP contribution is 2.29. The monoisotopic (exact) mass is 294 g/mol. The summed E-state index contributed by atoms with van der Waals surface area (Å²) >= 11 is 0. The van der Waals surface area contributed by atoms with Crippen molar-refractivity contribution in [3.05, 3.63) is 29.6 Å². The van der Waals surface area contributed by atoms with Crippen LogP contribution < -0.4 is 5.32 Å². The lowest BCUT2D eigenvalue weighted by Gasteiger charge is -2.41. The third kappa shape index (κ3) is 3.53. The van der Waals surface area contributed by atoms with Crippen molar-refractivity contribution >= 4 is 11.7 Å². The molecule has 1 aliphatic heterocycles. The molecule has 0 spiro atoms. The summed E-state index contributed by atoms with van der Waals surface area (Å²) < 4.78 is 13.5. The minimum absolute atomic E-state index is 0.349. The van der Waals surface area contributed by atoms with Crippen molar-refractivity contribution in [2.45, 2.75) is 45.2 Å². The second-order valence-corrected chi connectivity index (χ2v) is 6.16. The summed E-state index contributed by atoms with van der Waals surface area (Å²) in [5.74, 6) is -1.22.